The fraction of sp³-hybridized carbons (Fsp3) is 0.286. The molecule has 0 aliphatic rings. The van der Waals surface area contributed by atoms with Gasteiger partial charge in [-0.05, 0) is 18.6 Å². The lowest BCUT2D eigenvalue weighted by Gasteiger charge is -2.21. The molecule has 0 amide bonds. The number of hydrogen-bond donors (Lipinski definition) is 0. The van der Waals surface area contributed by atoms with E-state index >= 15 is 0 Å². The van der Waals surface area contributed by atoms with Crippen molar-refractivity contribution in [3.8, 4) is 0 Å². The molecule has 1 aromatic heterocycles. The van der Waals surface area contributed by atoms with E-state index in [1.165, 1.54) is 6.33 Å². The van der Waals surface area contributed by atoms with Crippen LogP contribution in [0.4, 0.5) is 11.5 Å². The smallest absolute Gasteiger partial charge is 0.140 e. The summed E-state index contributed by atoms with van der Waals surface area (Å²) in [6.45, 7) is 2.12. The van der Waals surface area contributed by atoms with Gasteiger partial charge in [0.25, 0.3) is 0 Å². The molecular formula is C14H16ClN3. The van der Waals surface area contributed by atoms with Gasteiger partial charge in [0, 0.05) is 18.3 Å². The van der Waals surface area contributed by atoms with Gasteiger partial charge < -0.3 is 4.90 Å². The van der Waals surface area contributed by atoms with Crippen LogP contribution >= 0.6 is 11.6 Å². The van der Waals surface area contributed by atoms with E-state index in [0.717, 1.165) is 29.9 Å². The maximum atomic E-state index is 6.16. The van der Waals surface area contributed by atoms with Crippen molar-refractivity contribution in [2.24, 2.45) is 0 Å². The average Bonchev–Trinajstić information content (AvgIpc) is 2.41. The van der Waals surface area contributed by atoms with Crippen molar-refractivity contribution in [3.63, 3.8) is 0 Å². The van der Waals surface area contributed by atoms with Crippen molar-refractivity contribution in [1.82, 2.24) is 9.97 Å². The number of nitrogens with zero attached hydrogens (tertiary/aromatic N) is 3. The van der Waals surface area contributed by atoms with Crippen molar-refractivity contribution >= 4 is 23.1 Å². The van der Waals surface area contributed by atoms with E-state index < -0.39 is 0 Å². The van der Waals surface area contributed by atoms with Gasteiger partial charge in [0.05, 0.1) is 0 Å². The van der Waals surface area contributed by atoms with Gasteiger partial charge in [-0.1, -0.05) is 43.1 Å². The summed E-state index contributed by atoms with van der Waals surface area (Å²) in [5, 5.41) is 0.546. The molecule has 0 aliphatic heterocycles. The van der Waals surface area contributed by atoms with Crippen LogP contribution in [0, 0.1) is 0 Å². The summed E-state index contributed by atoms with van der Waals surface area (Å²) >= 11 is 6.16. The first-order chi connectivity index (χ1) is 8.74. The minimum Gasteiger partial charge on any atom is -0.329 e. The minimum absolute atomic E-state index is 0.546. The van der Waals surface area contributed by atoms with Gasteiger partial charge in [-0.25, -0.2) is 9.97 Å². The Hall–Kier alpha value is -1.61. The summed E-state index contributed by atoms with van der Waals surface area (Å²) in [6.07, 6.45) is 3.41. The van der Waals surface area contributed by atoms with E-state index in [1.54, 1.807) is 0 Å². The molecule has 3 nitrogen and oxygen atoms in total. The van der Waals surface area contributed by atoms with Crippen LogP contribution in [0.15, 0.2) is 36.7 Å². The summed E-state index contributed by atoms with van der Waals surface area (Å²) in [4.78, 5) is 10.5. The first-order valence-corrected chi connectivity index (χ1v) is 6.40. The molecule has 1 heterocycles. The van der Waals surface area contributed by atoms with E-state index in [4.69, 9.17) is 11.6 Å². The van der Waals surface area contributed by atoms with Gasteiger partial charge in [-0.15, -0.1) is 0 Å². The van der Waals surface area contributed by atoms with E-state index in [2.05, 4.69) is 16.9 Å². The highest BCUT2D eigenvalue weighted by Crippen LogP contribution is 2.28. The topological polar surface area (TPSA) is 29.0 Å². The number of para-hydroxylation sites is 1. The molecule has 0 saturated carbocycles. The largest absolute Gasteiger partial charge is 0.329 e. The zero-order chi connectivity index (χ0) is 13.0. The Morgan fingerprint density at radius 1 is 1.17 bits per heavy atom. The van der Waals surface area contributed by atoms with Crippen LogP contribution in [0.3, 0.4) is 0 Å². The quantitative estimate of drug-likeness (QED) is 0.783. The van der Waals surface area contributed by atoms with E-state index in [1.807, 2.05) is 42.3 Å². The third-order valence-electron chi connectivity index (χ3n) is 2.83. The van der Waals surface area contributed by atoms with Crippen molar-refractivity contribution in [2.75, 3.05) is 11.9 Å². The van der Waals surface area contributed by atoms with Crippen molar-refractivity contribution in [2.45, 2.75) is 19.8 Å². The van der Waals surface area contributed by atoms with Gasteiger partial charge >= 0.3 is 0 Å². The second-order valence-corrected chi connectivity index (χ2v) is 4.47. The number of halogens is 1. The lowest BCUT2D eigenvalue weighted by molar-refractivity contribution is 0.891. The second kappa shape index (κ2) is 5.83. The molecule has 94 valence electrons. The Morgan fingerprint density at radius 3 is 2.56 bits per heavy atom. The summed E-state index contributed by atoms with van der Waals surface area (Å²) in [6, 6.07) is 10.1. The maximum Gasteiger partial charge on any atom is 0.140 e. The lowest BCUT2D eigenvalue weighted by atomic mass is 10.1. The number of anilines is 2. The molecule has 0 N–H and O–H groups in total. The number of aromatic nitrogens is 2. The fourth-order valence-corrected chi connectivity index (χ4v) is 2.13. The molecule has 0 bridgehead atoms. The van der Waals surface area contributed by atoms with Crippen LogP contribution in [-0.2, 0) is 6.42 Å². The molecule has 0 radical (unpaired) electrons. The third kappa shape index (κ3) is 2.62. The van der Waals surface area contributed by atoms with Gasteiger partial charge in [0.15, 0.2) is 0 Å². The molecule has 0 spiro atoms. The van der Waals surface area contributed by atoms with Crippen LogP contribution in [-0.4, -0.2) is 17.0 Å². The average molecular weight is 262 g/mol. The zero-order valence-corrected chi connectivity index (χ0v) is 11.4. The van der Waals surface area contributed by atoms with Crippen LogP contribution in [0.25, 0.3) is 0 Å². The van der Waals surface area contributed by atoms with E-state index in [9.17, 15) is 0 Å². The van der Waals surface area contributed by atoms with Gasteiger partial charge in [-0.2, -0.15) is 0 Å². The summed E-state index contributed by atoms with van der Waals surface area (Å²) in [5.41, 5.74) is 2.10. The molecule has 0 atom stereocenters. The van der Waals surface area contributed by atoms with E-state index in [0.29, 0.717) is 5.15 Å². The molecule has 0 fully saturated rings. The highest BCUT2D eigenvalue weighted by molar-refractivity contribution is 6.30. The molecule has 18 heavy (non-hydrogen) atoms. The predicted molar refractivity (Wildman–Crippen MR) is 75.5 cm³/mol. The summed E-state index contributed by atoms with van der Waals surface area (Å²) in [7, 11) is 1.99. The van der Waals surface area contributed by atoms with Crippen molar-refractivity contribution in [1.29, 1.82) is 0 Å². The Bertz CT molecular complexity index is 514. The summed E-state index contributed by atoms with van der Waals surface area (Å²) < 4.78 is 0. The molecule has 2 aromatic rings. The monoisotopic (exact) mass is 261 g/mol. The number of benzene rings is 1. The number of hydrogen-bond acceptors (Lipinski definition) is 3. The Labute approximate surface area is 112 Å². The van der Waals surface area contributed by atoms with Crippen molar-refractivity contribution in [3.05, 3.63) is 47.4 Å². The zero-order valence-electron chi connectivity index (χ0n) is 10.6. The van der Waals surface area contributed by atoms with Gasteiger partial charge in [0.2, 0.25) is 0 Å². The summed E-state index contributed by atoms with van der Waals surface area (Å²) in [5.74, 6) is 0.878. The fourth-order valence-electron chi connectivity index (χ4n) is 1.91. The second-order valence-electron chi connectivity index (χ2n) is 4.11. The normalized spacial score (nSPS) is 10.4. The maximum absolute atomic E-state index is 6.16. The lowest BCUT2D eigenvalue weighted by Crippen LogP contribution is -2.14. The molecular weight excluding hydrogens is 246 g/mol. The highest BCUT2D eigenvalue weighted by atomic mass is 35.5. The van der Waals surface area contributed by atoms with Crippen LogP contribution in [0.1, 0.15) is 18.9 Å². The van der Waals surface area contributed by atoms with Crippen molar-refractivity contribution < 1.29 is 0 Å². The van der Waals surface area contributed by atoms with E-state index in [-0.39, 0.29) is 0 Å². The molecule has 0 unspecified atom stereocenters. The van der Waals surface area contributed by atoms with Crippen LogP contribution < -0.4 is 4.90 Å². The van der Waals surface area contributed by atoms with Crippen LogP contribution in [0.5, 0.6) is 0 Å². The van der Waals surface area contributed by atoms with Gasteiger partial charge in [-0.3, -0.25) is 0 Å². The Kier molecular flexibility index (Phi) is 4.15. The third-order valence-corrected chi connectivity index (χ3v) is 3.16. The Morgan fingerprint density at radius 2 is 1.89 bits per heavy atom. The van der Waals surface area contributed by atoms with Crippen LogP contribution in [0.2, 0.25) is 5.15 Å². The first kappa shape index (κ1) is 12.8. The minimum atomic E-state index is 0.546. The van der Waals surface area contributed by atoms with Gasteiger partial charge in [0.1, 0.15) is 17.3 Å². The molecule has 4 heteroatoms. The highest BCUT2D eigenvalue weighted by Gasteiger charge is 2.13. The Balaban J connectivity index is 2.41. The first-order valence-electron chi connectivity index (χ1n) is 6.02. The molecule has 0 aliphatic carbocycles. The number of rotatable bonds is 4. The standard InChI is InChI=1S/C14H16ClN3/c1-3-7-12-13(15)16-10-17-14(12)18(2)11-8-5-4-6-9-11/h4-6,8-10H,3,7H2,1-2H3. The molecule has 0 saturated heterocycles. The molecule has 1 aromatic carbocycles. The SMILES string of the molecule is CCCc1c(Cl)ncnc1N(C)c1ccccc1. The predicted octanol–water partition coefficient (Wildman–Crippen LogP) is 3.85. The molecule has 2 rings (SSSR count).